The topological polar surface area (TPSA) is 53.7 Å². The van der Waals surface area contributed by atoms with Gasteiger partial charge in [0, 0.05) is 18.4 Å². The predicted octanol–water partition coefficient (Wildman–Crippen LogP) is 5.40. The Hall–Kier alpha value is -1.62. The van der Waals surface area contributed by atoms with Gasteiger partial charge in [-0.3, -0.25) is 0 Å². The van der Waals surface area contributed by atoms with Crippen LogP contribution in [0.1, 0.15) is 52.0 Å². The monoisotopic (exact) mass is 369 g/mol. The van der Waals surface area contributed by atoms with Crippen LogP contribution < -0.4 is 5.73 Å². The largest absolute Gasteiger partial charge is 0.399 e. The van der Waals surface area contributed by atoms with Crippen LogP contribution in [0.25, 0.3) is 10.8 Å². The van der Waals surface area contributed by atoms with Crippen LogP contribution in [-0.2, 0) is 20.3 Å². The molecule has 0 radical (unpaired) electrons. The van der Waals surface area contributed by atoms with Gasteiger partial charge in [0.2, 0.25) is 0 Å². The maximum Gasteiger partial charge on any atom is 0.260 e. The standard InChI is InChI=1S/C23H31NO3/c1-5-6-17-11-15(2)22(16(3)12-17)23(25-4,27-26-22)20-9-7-19-14-21(24)10-8-18(19)13-20/h7-10,13-17H,5-6,11-12,24H2,1-4H3. The summed E-state index contributed by atoms with van der Waals surface area (Å²) in [7, 11) is 1.73. The molecule has 27 heavy (non-hydrogen) atoms. The van der Waals surface area contributed by atoms with Gasteiger partial charge in [-0.2, -0.15) is 4.89 Å². The zero-order valence-corrected chi connectivity index (χ0v) is 16.8. The summed E-state index contributed by atoms with van der Waals surface area (Å²) in [6.07, 6.45) is 4.81. The Balaban J connectivity index is 1.75. The average molecular weight is 370 g/mol. The molecule has 1 spiro atoms. The number of methoxy groups -OCH3 is 1. The maximum absolute atomic E-state index is 6.09. The number of hydrogen-bond donors (Lipinski definition) is 1. The number of hydrogen-bond acceptors (Lipinski definition) is 4. The number of ether oxygens (including phenoxy) is 1. The molecule has 1 saturated heterocycles. The van der Waals surface area contributed by atoms with Gasteiger partial charge in [0.1, 0.15) is 0 Å². The van der Waals surface area contributed by atoms with E-state index in [0.717, 1.165) is 40.8 Å². The molecule has 0 bridgehead atoms. The highest BCUT2D eigenvalue weighted by atomic mass is 17.3. The summed E-state index contributed by atoms with van der Waals surface area (Å²) >= 11 is 0. The molecule has 0 amide bonds. The van der Waals surface area contributed by atoms with E-state index < -0.39 is 11.4 Å². The first-order valence-corrected chi connectivity index (χ1v) is 10.2. The van der Waals surface area contributed by atoms with Gasteiger partial charge < -0.3 is 10.5 Å². The van der Waals surface area contributed by atoms with Crippen LogP contribution in [0.4, 0.5) is 5.69 Å². The lowest BCUT2D eigenvalue weighted by molar-refractivity contribution is -0.639. The number of nitrogen functional groups attached to an aromatic ring is 1. The SMILES string of the molecule is CCCC1CC(C)C2(OOC2(OC)c2ccc3cc(N)ccc3c2)C(C)C1. The van der Waals surface area contributed by atoms with Crippen molar-refractivity contribution >= 4 is 16.5 Å². The third-order valence-electron chi connectivity index (χ3n) is 6.88. The van der Waals surface area contributed by atoms with Gasteiger partial charge in [0.25, 0.3) is 5.79 Å². The van der Waals surface area contributed by atoms with Crippen LogP contribution in [0.3, 0.4) is 0 Å². The van der Waals surface area contributed by atoms with Crippen molar-refractivity contribution < 1.29 is 14.5 Å². The Kier molecular flexibility index (Phi) is 4.69. The van der Waals surface area contributed by atoms with Crippen LogP contribution in [0.5, 0.6) is 0 Å². The zero-order valence-electron chi connectivity index (χ0n) is 16.8. The van der Waals surface area contributed by atoms with E-state index in [0.29, 0.717) is 11.8 Å². The average Bonchev–Trinajstić information content (AvgIpc) is 2.62. The number of anilines is 1. The van der Waals surface area contributed by atoms with E-state index in [4.69, 9.17) is 20.2 Å². The lowest BCUT2D eigenvalue weighted by atomic mass is 9.59. The fourth-order valence-corrected chi connectivity index (χ4v) is 5.66. The van der Waals surface area contributed by atoms with Crippen molar-refractivity contribution in [1.82, 2.24) is 0 Å². The molecule has 1 aliphatic carbocycles. The number of rotatable bonds is 4. The summed E-state index contributed by atoms with van der Waals surface area (Å²) in [5, 5.41) is 2.25. The van der Waals surface area contributed by atoms with Gasteiger partial charge in [-0.1, -0.05) is 51.8 Å². The lowest BCUT2D eigenvalue weighted by Gasteiger charge is -2.62. The Morgan fingerprint density at radius 3 is 2.30 bits per heavy atom. The van der Waals surface area contributed by atoms with Crippen LogP contribution >= 0.6 is 0 Å². The molecule has 1 heterocycles. The molecule has 4 nitrogen and oxygen atoms in total. The quantitative estimate of drug-likeness (QED) is 0.579. The highest BCUT2D eigenvalue weighted by molar-refractivity contribution is 5.86. The summed E-state index contributed by atoms with van der Waals surface area (Å²) in [5.41, 5.74) is 7.26. The molecule has 2 aromatic carbocycles. The summed E-state index contributed by atoms with van der Waals surface area (Å²) in [6.45, 7) is 6.84. The van der Waals surface area contributed by atoms with Gasteiger partial charge in [-0.25, -0.2) is 4.89 Å². The van der Waals surface area contributed by atoms with Gasteiger partial charge in [-0.05, 0) is 59.6 Å². The molecule has 1 saturated carbocycles. The molecule has 2 aliphatic rings. The molecular weight excluding hydrogens is 338 g/mol. The smallest absolute Gasteiger partial charge is 0.260 e. The minimum absolute atomic E-state index is 0.355. The zero-order chi connectivity index (χ0) is 19.2. The summed E-state index contributed by atoms with van der Waals surface area (Å²) in [6, 6.07) is 12.3. The van der Waals surface area contributed by atoms with Crippen molar-refractivity contribution in [2.45, 2.75) is 57.8 Å². The van der Waals surface area contributed by atoms with E-state index in [1.54, 1.807) is 7.11 Å². The van der Waals surface area contributed by atoms with Gasteiger partial charge >= 0.3 is 0 Å². The highest BCUT2D eigenvalue weighted by Gasteiger charge is 2.72. The molecule has 146 valence electrons. The van der Waals surface area contributed by atoms with Crippen molar-refractivity contribution in [2.75, 3.05) is 12.8 Å². The van der Waals surface area contributed by atoms with Crippen molar-refractivity contribution in [3.05, 3.63) is 42.0 Å². The first-order chi connectivity index (χ1) is 13.0. The van der Waals surface area contributed by atoms with Gasteiger partial charge in [0.15, 0.2) is 5.60 Å². The molecule has 4 heteroatoms. The Morgan fingerprint density at radius 2 is 1.70 bits per heavy atom. The van der Waals surface area contributed by atoms with E-state index in [1.165, 1.54) is 12.8 Å². The third kappa shape index (κ3) is 2.61. The van der Waals surface area contributed by atoms with E-state index in [1.807, 2.05) is 12.1 Å². The second kappa shape index (κ2) is 6.77. The number of benzene rings is 2. The molecule has 2 N–H and O–H groups in total. The second-order valence-corrected chi connectivity index (χ2v) is 8.53. The molecule has 2 aromatic rings. The normalized spacial score (nSPS) is 36.1. The minimum Gasteiger partial charge on any atom is -0.399 e. The molecular formula is C23H31NO3. The summed E-state index contributed by atoms with van der Waals surface area (Å²) < 4.78 is 6.09. The third-order valence-corrected chi connectivity index (χ3v) is 6.88. The highest BCUT2D eigenvalue weighted by Crippen LogP contribution is 2.61. The molecule has 2 fully saturated rings. The van der Waals surface area contributed by atoms with Crippen LogP contribution in [0, 0.1) is 17.8 Å². The lowest BCUT2D eigenvalue weighted by Crippen LogP contribution is -2.73. The Morgan fingerprint density at radius 1 is 1.04 bits per heavy atom. The van der Waals surface area contributed by atoms with Crippen LogP contribution in [0.15, 0.2) is 36.4 Å². The van der Waals surface area contributed by atoms with Crippen molar-refractivity contribution in [2.24, 2.45) is 17.8 Å². The van der Waals surface area contributed by atoms with Crippen LogP contribution in [-0.4, -0.2) is 12.7 Å². The Labute approximate surface area is 161 Å². The Bertz CT molecular complexity index is 819. The summed E-state index contributed by atoms with van der Waals surface area (Å²) in [4.78, 5) is 11.8. The predicted molar refractivity (Wildman–Crippen MR) is 108 cm³/mol. The van der Waals surface area contributed by atoms with Crippen molar-refractivity contribution in [3.63, 3.8) is 0 Å². The van der Waals surface area contributed by atoms with Gasteiger partial charge in [-0.15, -0.1) is 0 Å². The molecule has 4 rings (SSSR count). The molecule has 3 atom stereocenters. The fraction of sp³-hybridized carbons (Fsp3) is 0.565. The molecule has 3 unspecified atom stereocenters. The second-order valence-electron chi connectivity index (χ2n) is 8.53. The first-order valence-electron chi connectivity index (χ1n) is 10.2. The molecule has 1 aliphatic heterocycles. The fourth-order valence-electron chi connectivity index (χ4n) is 5.66. The first kappa shape index (κ1) is 18.7. The summed E-state index contributed by atoms with van der Waals surface area (Å²) in [5.74, 6) is 0.602. The van der Waals surface area contributed by atoms with E-state index >= 15 is 0 Å². The van der Waals surface area contributed by atoms with Crippen LogP contribution in [0.2, 0.25) is 0 Å². The van der Waals surface area contributed by atoms with E-state index in [-0.39, 0.29) is 0 Å². The van der Waals surface area contributed by atoms with Crippen molar-refractivity contribution in [1.29, 1.82) is 0 Å². The molecule has 0 aromatic heterocycles. The minimum atomic E-state index is -0.863. The van der Waals surface area contributed by atoms with Crippen molar-refractivity contribution in [3.8, 4) is 0 Å². The maximum atomic E-state index is 6.09. The number of nitrogens with two attached hydrogens (primary N) is 1. The van der Waals surface area contributed by atoms with Gasteiger partial charge in [0.05, 0.1) is 0 Å². The van der Waals surface area contributed by atoms with E-state index in [9.17, 15) is 0 Å². The van der Waals surface area contributed by atoms with E-state index in [2.05, 4.69) is 45.0 Å². The number of fused-ring (bicyclic) bond motifs is 1.